The van der Waals surface area contributed by atoms with Crippen LogP contribution in [0.1, 0.15) is 25.3 Å². The van der Waals surface area contributed by atoms with Gasteiger partial charge in [-0.2, -0.15) is 0 Å². The summed E-state index contributed by atoms with van der Waals surface area (Å²) < 4.78 is 0. The molecule has 0 aliphatic carbocycles. The molecule has 0 amide bonds. The van der Waals surface area contributed by atoms with Gasteiger partial charge in [-0.25, -0.2) is 0 Å². The van der Waals surface area contributed by atoms with Crippen molar-refractivity contribution in [2.24, 2.45) is 4.99 Å². The molecule has 0 atom stereocenters. The van der Waals surface area contributed by atoms with Crippen LogP contribution in [0.3, 0.4) is 0 Å². The summed E-state index contributed by atoms with van der Waals surface area (Å²) >= 11 is 1.85. The Morgan fingerprint density at radius 3 is 2.78 bits per heavy atom. The number of hydrogen-bond donors (Lipinski definition) is 0. The Bertz CT molecular complexity index is 482. The molecule has 2 aliphatic rings. The number of allylic oxidation sites excluding steroid dienone is 1. The van der Waals surface area contributed by atoms with Crippen LogP contribution in [0.5, 0.6) is 0 Å². The fourth-order valence-electron chi connectivity index (χ4n) is 2.34. The molecule has 0 radical (unpaired) electrons. The summed E-state index contributed by atoms with van der Waals surface area (Å²) in [6, 6.07) is 10.7. The summed E-state index contributed by atoms with van der Waals surface area (Å²) in [5.74, 6) is 0. The van der Waals surface area contributed by atoms with E-state index in [0.717, 1.165) is 25.9 Å². The van der Waals surface area contributed by atoms with Gasteiger partial charge in [0.15, 0.2) is 5.17 Å². The minimum Gasteiger partial charge on any atom is -0.320 e. The molecule has 96 valence electrons. The zero-order chi connectivity index (χ0) is 11.7. The van der Waals surface area contributed by atoms with Crippen molar-refractivity contribution in [3.8, 4) is 0 Å². The number of aliphatic imine (C=N–C) groups is 1. The van der Waals surface area contributed by atoms with Gasteiger partial charge in [-0.05, 0) is 18.4 Å². The largest absolute Gasteiger partial charge is 0.320 e. The molecule has 1 aromatic carbocycles. The van der Waals surface area contributed by atoms with Crippen LogP contribution in [0.25, 0.3) is 5.70 Å². The Morgan fingerprint density at radius 2 is 2.06 bits per heavy atom. The average Bonchev–Trinajstić information content (AvgIpc) is 2.78. The fraction of sp³-hybridized carbons (Fsp3) is 0.357. The molecule has 2 aliphatic heterocycles. The highest BCUT2D eigenvalue weighted by Crippen LogP contribution is 2.42. The maximum Gasteiger partial charge on any atom is 0.168 e. The smallest absolute Gasteiger partial charge is 0.168 e. The maximum absolute atomic E-state index is 4.63. The van der Waals surface area contributed by atoms with Crippen LogP contribution in [-0.2, 0) is 0 Å². The predicted molar refractivity (Wildman–Crippen MR) is 85.2 cm³/mol. The molecule has 0 spiro atoms. The van der Waals surface area contributed by atoms with Crippen LogP contribution in [0.15, 0.2) is 40.2 Å². The highest BCUT2D eigenvalue weighted by molar-refractivity contribution is 8.93. The number of fused-ring (bicyclic) bond motifs is 1. The summed E-state index contributed by atoms with van der Waals surface area (Å²) in [7, 11) is 0. The molecule has 0 saturated carbocycles. The van der Waals surface area contributed by atoms with Crippen molar-refractivity contribution in [2.45, 2.75) is 19.8 Å². The van der Waals surface area contributed by atoms with E-state index in [1.165, 1.54) is 21.3 Å². The normalized spacial score (nSPS) is 18.3. The number of thioether (sulfide) groups is 1. The molecule has 0 N–H and O–H groups in total. The molecular weight excluding hydrogens is 308 g/mol. The number of amidine groups is 1. The lowest BCUT2D eigenvalue weighted by Gasteiger charge is -2.25. The van der Waals surface area contributed by atoms with Crippen molar-refractivity contribution in [3.05, 3.63) is 40.8 Å². The molecule has 0 unspecified atom stereocenters. The number of nitrogens with zero attached hydrogens (tertiary/aromatic N) is 2. The van der Waals surface area contributed by atoms with Crippen LogP contribution >= 0.6 is 28.7 Å². The molecule has 2 nitrogen and oxygen atoms in total. The molecule has 3 rings (SSSR count). The van der Waals surface area contributed by atoms with E-state index in [0.29, 0.717) is 0 Å². The van der Waals surface area contributed by atoms with Crippen LogP contribution in [-0.4, -0.2) is 23.2 Å². The van der Waals surface area contributed by atoms with Gasteiger partial charge in [-0.15, -0.1) is 17.0 Å². The second kappa shape index (κ2) is 5.93. The first kappa shape index (κ1) is 13.7. The molecule has 0 bridgehead atoms. The van der Waals surface area contributed by atoms with E-state index in [4.69, 9.17) is 0 Å². The van der Waals surface area contributed by atoms with E-state index in [1.807, 2.05) is 11.8 Å². The van der Waals surface area contributed by atoms with Crippen LogP contribution < -0.4 is 0 Å². The summed E-state index contributed by atoms with van der Waals surface area (Å²) in [5.41, 5.74) is 2.71. The SMILES string of the molecule is Br.CCC1=C(c2ccccc2)N2CCCN=C2S1. The van der Waals surface area contributed by atoms with E-state index in [1.54, 1.807) is 0 Å². The van der Waals surface area contributed by atoms with Gasteiger partial charge in [-0.1, -0.05) is 49.0 Å². The minimum absolute atomic E-state index is 0. The second-order valence-electron chi connectivity index (χ2n) is 4.26. The van der Waals surface area contributed by atoms with Crippen molar-refractivity contribution < 1.29 is 0 Å². The lowest BCUT2D eigenvalue weighted by molar-refractivity contribution is 0.540. The third-order valence-corrected chi connectivity index (χ3v) is 4.40. The molecule has 2 heterocycles. The molecular formula is C14H17BrN2S. The third kappa shape index (κ3) is 2.36. The first-order valence-electron chi connectivity index (χ1n) is 6.18. The van der Waals surface area contributed by atoms with E-state index >= 15 is 0 Å². The Balaban J connectivity index is 0.00000120. The molecule has 18 heavy (non-hydrogen) atoms. The van der Waals surface area contributed by atoms with Crippen molar-refractivity contribution in [2.75, 3.05) is 13.1 Å². The van der Waals surface area contributed by atoms with Crippen LogP contribution in [0.2, 0.25) is 0 Å². The summed E-state index contributed by atoms with van der Waals surface area (Å²) in [6.45, 7) is 4.32. The van der Waals surface area contributed by atoms with Gasteiger partial charge in [0.2, 0.25) is 0 Å². The highest BCUT2D eigenvalue weighted by Gasteiger charge is 2.30. The van der Waals surface area contributed by atoms with Gasteiger partial charge in [0.05, 0.1) is 5.70 Å². The topological polar surface area (TPSA) is 15.6 Å². The number of hydrogen-bond acceptors (Lipinski definition) is 3. The van der Waals surface area contributed by atoms with Gasteiger partial charge in [0.1, 0.15) is 0 Å². The predicted octanol–water partition coefficient (Wildman–Crippen LogP) is 4.15. The van der Waals surface area contributed by atoms with E-state index in [-0.39, 0.29) is 17.0 Å². The monoisotopic (exact) mass is 324 g/mol. The van der Waals surface area contributed by atoms with Gasteiger partial charge in [0, 0.05) is 18.0 Å². The van der Waals surface area contributed by atoms with Crippen molar-refractivity contribution in [1.82, 2.24) is 4.90 Å². The lowest BCUT2D eigenvalue weighted by atomic mass is 10.1. The second-order valence-corrected chi connectivity index (χ2v) is 5.32. The molecule has 0 saturated heterocycles. The van der Waals surface area contributed by atoms with Crippen LogP contribution in [0.4, 0.5) is 0 Å². The minimum atomic E-state index is 0. The number of benzene rings is 1. The first-order valence-corrected chi connectivity index (χ1v) is 7.00. The Morgan fingerprint density at radius 1 is 1.28 bits per heavy atom. The van der Waals surface area contributed by atoms with E-state index < -0.39 is 0 Å². The van der Waals surface area contributed by atoms with Crippen molar-refractivity contribution in [3.63, 3.8) is 0 Å². The van der Waals surface area contributed by atoms with Crippen LogP contribution in [0, 0.1) is 0 Å². The highest BCUT2D eigenvalue weighted by atomic mass is 79.9. The average molecular weight is 325 g/mol. The van der Waals surface area contributed by atoms with Gasteiger partial charge >= 0.3 is 0 Å². The first-order chi connectivity index (χ1) is 8.40. The van der Waals surface area contributed by atoms with Crippen molar-refractivity contribution in [1.29, 1.82) is 0 Å². The number of rotatable bonds is 2. The fourth-order valence-corrected chi connectivity index (χ4v) is 3.48. The molecule has 0 aromatic heterocycles. The van der Waals surface area contributed by atoms with Gasteiger partial charge in [-0.3, -0.25) is 4.99 Å². The zero-order valence-corrected chi connectivity index (χ0v) is 13.0. The molecule has 0 fully saturated rings. The van der Waals surface area contributed by atoms with Crippen molar-refractivity contribution >= 4 is 39.6 Å². The Labute approximate surface area is 123 Å². The zero-order valence-electron chi connectivity index (χ0n) is 10.4. The van der Waals surface area contributed by atoms with E-state index in [2.05, 4.69) is 47.1 Å². The molecule has 4 heteroatoms. The standard InChI is InChI=1S/C14H16N2S.BrH/c1-2-12-13(11-7-4-3-5-8-11)16-10-6-9-15-14(16)17-12;/h3-5,7-8H,2,6,9-10H2,1H3;1H. The Hall–Kier alpha value is -0.740. The quantitative estimate of drug-likeness (QED) is 0.812. The lowest BCUT2D eigenvalue weighted by Crippen LogP contribution is -2.28. The third-order valence-electron chi connectivity index (χ3n) is 3.13. The Kier molecular flexibility index (Phi) is 4.51. The molecule has 1 aromatic rings. The van der Waals surface area contributed by atoms with E-state index in [9.17, 15) is 0 Å². The summed E-state index contributed by atoms with van der Waals surface area (Å²) in [6.07, 6.45) is 2.25. The summed E-state index contributed by atoms with van der Waals surface area (Å²) in [5, 5.41) is 1.20. The maximum atomic E-state index is 4.63. The summed E-state index contributed by atoms with van der Waals surface area (Å²) in [4.78, 5) is 8.48. The van der Waals surface area contributed by atoms with Gasteiger partial charge < -0.3 is 4.90 Å². The van der Waals surface area contributed by atoms with Gasteiger partial charge in [0.25, 0.3) is 0 Å². The number of halogens is 1.